The van der Waals surface area contributed by atoms with Gasteiger partial charge in [0.05, 0.1) is 11.9 Å². The first-order valence-electron chi connectivity index (χ1n) is 9.47. The molecular weight excluding hydrogens is 340 g/mol. The van der Waals surface area contributed by atoms with Gasteiger partial charge in [0, 0.05) is 24.7 Å². The van der Waals surface area contributed by atoms with E-state index in [0.717, 1.165) is 31.6 Å². The zero-order valence-electron chi connectivity index (χ0n) is 16.1. The van der Waals surface area contributed by atoms with Crippen LogP contribution in [0.1, 0.15) is 33.6 Å². The number of hydrogen-bond donors (Lipinski definition) is 2. The van der Waals surface area contributed by atoms with E-state index < -0.39 is 0 Å². The molecule has 0 saturated carbocycles. The maximum absolute atomic E-state index is 12.5. The van der Waals surface area contributed by atoms with Crippen molar-refractivity contribution in [3.63, 3.8) is 0 Å². The lowest BCUT2D eigenvalue weighted by Crippen LogP contribution is -2.48. The number of nitrogens with one attached hydrogen (secondary N) is 2. The molecule has 0 amide bonds. The molecule has 1 fully saturated rings. The number of hydrogen-bond acceptors (Lipinski definition) is 5. The molecule has 0 bridgehead atoms. The summed E-state index contributed by atoms with van der Waals surface area (Å²) in [6.45, 7) is 8.82. The van der Waals surface area contributed by atoms with Crippen LogP contribution in [0.3, 0.4) is 0 Å². The van der Waals surface area contributed by atoms with Crippen molar-refractivity contribution < 1.29 is 0 Å². The molecule has 142 valence electrons. The molecule has 7 heteroatoms. The third-order valence-corrected chi connectivity index (χ3v) is 5.22. The van der Waals surface area contributed by atoms with Crippen LogP contribution in [0.15, 0.2) is 41.3 Å². The zero-order chi connectivity index (χ0) is 19.0. The molecule has 0 spiro atoms. The second-order valence-corrected chi connectivity index (χ2v) is 8.12. The maximum Gasteiger partial charge on any atom is 0.263 e. The lowest BCUT2D eigenvalue weighted by Gasteiger charge is -2.41. The van der Waals surface area contributed by atoms with Gasteiger partial charge in [-0.3, -0.25) is 14.7 Å². The van der Waals surface area contributed by atoms with Crippen molar-refractivity contribution in [3.05, 3.63) is 46.9 Å². The van der Waals surface area contributed by atoms with Crippen LogP contribution < -0.4 is 10.9 Å². The predicted octanol–water partition coefficient (Wildman–Crippen LogP) is 2.78. The van der Waals surface area contributed by atoms with E-state index in [2.05, 4.69) is 46.1 Å². The second-order valence-electron chi connectivity index (χ2n) is 8.12. The Hall–Kier alpha value is -2.67. The third kappa shape index (κ3) is 3.60. The Bertz CT molecular complexity index is 977. The zero-order valence-corrected chi connectivity index (χ0v) is 16.1. The molecule has 0 radical (unpaired) electrons. The molecule has 3 aromatic rings. The van der Waals surface area contributed by atoms with Crippen LogP contribution in [0.5, 0.6) is 0 Å². The molecular formula is C20H26N6O. The fraction of sp³-hybridized carbons (Fsp3) is 0.450. The van der Waals surface area contributed by atoms with E-state index in [9.17, 15) is 4.79 Å². The quantitative estimate of drug-likeness (QED) is 0.745. The lowest BCUT2D eigenvalue weighted by molar-refractivity contribution is 0.106. The highest BCUT2D eigenvalue weighted by atomic mass is 16.1. The van der Waals surface area contributed by atoms with Gasteiger partial charge in [0.2, 0.25) is 5.95 Å². The van der Waals surface area contributed by atoms with Gasteiger partial charge in [-0.1, -0.05) is 18.2 Å². The average molecular weight is 366 g/mol. The summed E-state index contributed by atoms with van der Waals surface area (Å²) in [6.07, 6.45) is 3.62. The summed E-state index contributed by atoms with van der Waals surface area (Å²) < 4.78 is 1.71. The predicted molar refractivity (Wildman–Crippen MR) is 107 cm³/mol. The number of para-hydroxylation sites is 1. The average Bonchev–Trinajstić information content (AvgIpc) is 3.07. The molecule has 1 aliphatic heterocycles. The number of aromatic nitrogens is 4. The first-order valence-corrected chi connectivity index (χ1v) is 9.47. The highest BCUT2D eigenvalue weighted by Crippen LogP contribution is 2.22. The molecule has 1 saturated heterocycles. The number of likely N-dealkylation sites (tertiary alicyclic amines) is 1. The summed E-state index contributed by atoms with van der Waals surface area (Å²) >= 11 is 0. The summed E-state index contributed by atoms with van der Waals surface area (Å²) in [4.78, 5) is 22.5. The van der Waals surface area contributed by atoms with Gasteiger partial charge in [0.15, 0.2) is 5.65 Å². The van der Waals surface area contributed by atoms with Gasteiger partial charge in [0.25, 0.3) is 5.56 Å². The molecule has 3 heterocycles. The number of anilines is 1. The van der Waals surface area contributed by atoms with Crippen LogP contribution in [0.25, 0.3) is 16.7 Å². The van der Waals surface area contributed by atoms with Crippen molar-refractivity contribution in [3.8, 4) is 5.69 Å². The molecule has 1 aromatic carbocycles. The van der Waals surface area contributed by atoms with Crippen LogP contribution >= 0.6 is 0 Å². The number of aromatic amines is 1. The Balaban J connectivity index is 1.58. The van der Waals surface area contributed by atoms with E-state index in [-0.39, 0.29) is 11.1 Å². The molecule has 0 aliphatic carbocycles. The van der Waals surface area contributed by atoms with Gasteiger partial charge in [-0.2, -0.15) is 10.1 Å². The number of rotatable bonds is 3. The summed E-state index contributed by atoms with van der Waals surface area (Å²) in [5.41, 5.74) is 1.48. The Morgan fingerprint density at radius 2 is 1.85 bits per heavy atom. The molecule has 0 atom stereocenters. The number of fused-ring (bicyclic) bond motifs is 1. The normalized spacial score (nSPS) is 16.7. The third-order valence-electron chi connectivity index (χ3n) is 5.22. The summed E-state index contributed by atoms with van der Waals surface area (Å²) in [6, 6.07) is 10.0. The minimum Gasteiger partial charge on any atom is -0.353 e. The molecule has 0 unspecified atom stereocenters. The minimum absolute atomic E-state index is 0.170. The van der Waals surface area contributed by atoms with Gasteiger partial charge in [-0.15, -0.1) is 0 Å². The molecule has 1 aliphatic rings. The molecule has 2 aromatic heterocycles. The molecule has 27 heavy (non-hydrogen) atoms. The monoisotopic (exact) mass is 366 g/mol. The van der Waals surface area contributed by atoms with Crippen LogP contribution in [-0.2, 0) is 0 Å². The van der Waals surface area contributed by atoms with E-state index in [1.165, 1.54) is 0 Å². The Labute approximate surface area is 158 Å². The number of nitrogens with zero attached hydrogens (tertiary/aromatic N) is 4. The number of benzene rings is 1. The van der Waals surface area contributed by atoms with Crippen molar-refractivity contribution in [1.82, 2.24) is 24.6 Å². The van der Waals surface area contributed by atoms with Crippen molar-refractivity contribution in [2.45, 2.75) is 45.2 Å². The van der Waals surface area contributed by atoms with E-state index in [1.807, 2.05) is 30.3 Å². The van der Waals surface area contributed by atoms with E-state index in [4.69, 9.17) is 0 Å². The standard InChI is InChI=1S/C20H26N6O/c1-20(2,3)25-11-9-14(10-12-25)22-19-23-17-16(18(27)24-19)13-21-26(17)15-7-5-4-6-8-15/h4-8,13-14H,9-12H2,1-3H3,(H2,22,23,24,27). The fourth-order valence-electron chi connectivity index (χ4n) is 3.63. The first-order chi connectivity index (χ1) is 12.9. The van der Waals surface area contributed by atoms with Crippen LogP contribution in [-0.4, -0.2) is 49.3 Å². The van der Waals surface area contributed by atoms with Crippen LogP contribution in [0.4, 0.5) is 5.95 Å². The fourth-order valence-corrected chi connectivity index (χ4v) is 3.63. The Kier molecular flexibility index (Phi) is 4.47. The molecule has 4 rings (SSSR count). The summed E-state index contributed by atoms with van der Waals surface area (Å²) in [5, 5.41) is 8.26. The minimum atomic E-state index is -0.170. The smallest absolute Gasteiger partial charge is 0.263 e. The first kappa shape index (κ1) is 17.7. The number of H-pyrrole nitrogens is 1. The van der Waals surface area contributed by atoms with Crippen molar-refractivity contribution in [2.24, 2.45) is 0 Å². The second kappa shape index (κ2) is 6.81. The Morgan fingerprint density at radius 1 is 1.15 bits per heavy atom. The summed E-state index contributed by atoms with van der Waals surface area (Å²) in [7, 11) is 0. The van der Waals surface area contributed by atoms with Crippen LogP contribution in [0, 0.1) is 0 Å². The molecule has 7 nitrogen and oxygen atoms in total. The van der Waals surface area contributed by atoms with E-state index in [1.54, 1.807) is 10.9 Å². The highest BCUT2D eigenvalue weighted by molar-refractivity contribution is 5.76. The van der Waals surface area contributed by atoms with Crippen molar-refractivity contribution in [2.75, 3.05) is 18.4 Å². The highest BCUT2D eigenvalue weighted by Gasteiger charge is 2.27. The maximum atomic E-state index is 12.5. The lowest BCUT2D eigenvalue weighted by atomic mass is 9.98. The number of piperidine rings is 1. The largest absolute Gasteiger partial charge is 0.353 e. The van der Waals surface area contributed by atoms with Crippen LogP contribution in [0.2, 0.25) is 0 Å². The van der Waals surface area contributed by atoms with Crippen molar-refractivity contribution in [1.29, 1.82) is 0 Å². The van der Waals surface area contributed by atoms with E-state index >= 15 is 0 Å². The van der Waals surface area contributed by atoms with Gasteiger partial charge >= 0.3 is 0 Å². The molecule has 2 N–H and O–H groups in total. The SMILES string of the molecule is CC(C)(C)N1CCC(Nc2nc3c(cnn3-c3ccccc3)c(=O)[nH]2)CC1. The Morgan fingerprint density at radius 3 is 2.52 bits per heavy atom. The van der Waals surface area contributed by atoms with Gasteiger partial charge in [-0.25, -0.2) is 4.68 Å². The van der Waals surface area contributed by atoms with Gasteiger partial charge in [-0.05, 0) is 45.7 Å². The van der Waals surface area contributed by atoms with Crippen molar-refractivity contribution >= 4 is 17.0 Å². The topological polar surface area (TPSA) is 78.8 Å². The van der Waals surface area contributed by atoms with Gasteiger partial charge < -0.3 is 5.32 Å². The summed E-state index contributed by atoms with van der Waals surface area (Å²) in [5.74, 6) is 0.513. The van der Waals surface area contributed by atoms with Gasteiger partial charge in [0.1, 0.15) is 5.39 Å². The van der Waals surface area contributed by atoms with E-state index in [0.29, 0.717) is 23.0 Å².